The van der Waals surface area contributed by atoms with Gasteiger partial charge in [0.25, 0.3) is 0 Å². The molecule has 0 aliphatic heterocycles. The van der Waals surface area contributed by atoms with Gasteiger partial charge >= 0.3 is 0 Å². The van der Waals surface area contributed by atoms with Crippen LogP contribution in [0.4, 0.5) is 0 Å². The molecule has 4 atom stereocenters. The number of hydrogen-bond acceptors (Lipinski definition) is 0. The molecule has 3 aliphatic rings. The second-order valence-electron chi connectivity index (χ2n) is 6.19. The van der Waals surface area contributed by atoms with Crippen molar-refractivity contribution in [3.05, 3.63) is 70.8 Å². The smallest absolute Gasteiger partial charge is 0.00529 e. The average molecular weight is 232 g/mol. The molecule has 2 aromatic rings. The van der Waals surface area contributed by atoms with E-state index in [1.54, 1.807) is 22.3 Å². The van der Waals surface area contributed by atoms with E-state index in [4.69, 9.17) is 0 Å². The van der Waals surface area contributed by atoms with Gasteiger partial charge in [0.2, 0.25) is 0 Å². The fraction of sp³-hybridized carbons (Fsp3) is 0.333. The summed E-state index contributed by atoms with van der Waals surface area (Å²) in [6.07, 6.45) is 2.66. The van der Waals surface area contributed by atoms with E-state index in [9.17, 15) is 0 Å². The minimum atomic E-state index is 0.829. The lowest BCUT2D eigenvalue weighted by Gasteiger charge is -2.46. The molecule has 0 amide bonds. The summed E-state index contributed by atoms with van der Waals surface area (Å²) in [6, 6.07) is 18.3. The third kappa shape index (κ3) is 0.949. The van der Waals surface area contributed by atoms with Crippen LogP contribution in [-0.4, -0.2) is 0 Å². The molecule has 1 fully saturated rings. The van der Waals surface area contributed by atoms with Crippen molar-refractivity contribution in [3.63, 3.8) is 0 Å². The normalized spacial score (nSPS) is 34.2. The fourth-order valence-corrected chi connectivity index (χ4v) is 4.92. The first kappa shape index (κ1) is 9.38. The fourth-order valence-electron chi connectivity index (χ4n) is 4.92. The summed E-state index contributed by atoms with van der Waals surface area (Å²) in [4.78, 5) is 0. The standard InChI is InChI=1S/C18H16/c1-3-7-13-11(5-1)9-15-16-10-12-6-2-4-8-14(12)18(16)17(13)15/h1-8,15-18H,9-10H2/t15-,16+,17-,18+. The molecular formula is C18H16. The Kier molecular flexibility index (Phi) is 1.59. The second kappa shape index (κ2) is 3.06. The monoisotopic (exact) mass is 232 g/mol. The van der Waals surface area contributed by atoms with Gasteiger partial charge in [0, 0.05) is 0 Å². The lowest BCUT2D eigenvalue weighted by atomic mass is 9.57. The maximum Gasteiger partial charge on any atom is -0.00529 e. The molecule has 18 heavy (non-hydrogen) atoms. The summed E-state index contributed by atoms with van der Waals surface area (Å²) in [6.45, 7) is 0. The van der Waals surface area contributed by atoms with Crippen LogP contribution in [0.5, 0.6) is 0 Å². The molecule has 0 bridgehead atoms. The zero-order valence-corrected chi connectivity index (χ0v) is 10.3. The highest BCUT2D eigenvalue weighted by molar-refractivity contribution is 5.50. The van der Waals surface area contributed by atoms with Crippen molar-refractivity contribution in [2.75, 3.05) is 0 Å². The Morgan fingerprint density at radius 1 is 0.611 bits per heavy atom. The summed E-state index contributed by atoms with van der Waals surface area (Å²) < 4.78 is 0. The van der Waals surface area contributed by atoms with Crippen LogP contribution in [0.25, 0.3) is 0 Å². The largest absolute Gasteiger partial charge is 0.0620 e. The van der Waals surface area contributed by atoms with Crippen LogP contribution in [0.2, 0.25) is 0 Å². The van der Waals surface area contributed by atoms with E-state index in [-0.39, 0.29) is 0 Å². The molecule has 2 aromatic carbocycles. The van der Waals surface area contributed by atoms with E-state index in [2.05, 4.69) is 48.5 Å². The maximum atomic E-state index is 2.37. The molecule has 0 unspecified atom stereocenters. The first-order valence-corrected chi connectivity index (χ1v) is 7.09. The Morgan fingerprint density at radius 3 is 1.56 bits per heavy atom. The van der Waals surface area contributed by atoms with Crippen LogP contribution in [0.3, 0.4) is 0 Å². The van der Waals surface area contributed by atoms with Crippen LogP contribution in [-0.2, 0) is 12.8 Å². The third-order valence-corrected chi connectivity index (χ3v) is 5.60. The average Bonchev–Trinajstić information content (AvgIpc) is 2.89. The molecule has 0 heterocycles. The molecule has 5 rings (SSSR count). The second-order valence-corrected chi connectivity index (χ2v) is 6.19. The molecule has 0 radical (unpaired) electrons. The van der Waals surface area contributed by atoms with Crippen LogP contribution in [0.15, 0.2) is 48.5 Å². The predicted molar refractivity (Wildman–Crippen MR) is 72.8 cm³/mol. The molecule has 0 nitrogen and oxygen atoms in total. The van der Waals surface area contributed by atoms with E-state index in [0.717, 1.165) is 23.7 Å². The van der Waals surface area contributed by atoms with E-state index in [1.165, 1.54) is 12.8 Å². The van der Waals surface area contributed by atoms with Gasteiger partial charge in [-0.05, 0) is 58.8 Å². The Labute approximate surface area is 108 Å². The quantitative estimate of drug-likeness (QED) is 0.646. The first-order valence-electron chi connectivity index (χ1n) is 7.09. The minimum Gasteiger partial charge on any atom is -0.0620 e. The van der Waals surface area contributed by atoms with Gasteiger partial charge in [0.15, 0.2) is 0 Å². The van der Waals surface area contributed by atoms with Crippen molar-refractivity contribution in [2.45, 2.75) is 24.7 Å². The molecule has 3 aliphatic carbocycles. The van der Waals surface area contributed by atoms with Gasteiger partial charge < -0.3 is 0 Å². The predicted octanol–water partition coefficient (Wildman–Crippen LogP) is 3.91. The molecule has 0 aromatic heterocycles. The summed E-state index contributed by atoms with van der Waals surface area (Å²) in [7, 11) is 0. The van der Waals surface area contributed by atoms with Crippen molar-refractivity contribution >= 4 is 0 Å². The van der Waals surface area contributed by atoms with Gasteiger partial charge in [0.1, 0.15) is 0 Å². The zero-order valence-electron chi connectivity index (χ0n) is 10.3. The SMILES string of the molecule is c1ccc2c(c1)C[C@@H]1[C@@H]3Cc4ccccc4[C@@H]3[C@H]21. The van der Waals surface area contributed by atoms with Gasteiger partial charge in [0.05, 0.1) is 0 Å². The number of benzene rings is 2. The first-order chi connectivity index (χ1) is 8.93. The minimum absolute atomic E-state index is 0.829. The molecule has 1 saturated carbocycles. The molecule has 88 valence electrons. The number of hydrogen-bond donors (Lipinski definition) is 0. The Hall–Kier alpha value is -1.56. The van der Waals surface area contributed by atoms with Gasteiger partial charge in [-0.15, -0.1) is 0 Å². The summed E-state index contributed by atoms with van der Waals surface area (Å²) in [5.74, 6) is 3.52. The molecule has 0 spiro atoms. The molecule has 0 heteroatoms. The molecular weight excluding hydrogens is 216 g/mol. The van der Waals surface area contributed by atoms with E-state index in [0.29, 0.717) is 0 Å². The van der Waals surface area contributed by atoms with Crippen molar-refractivity contribution in [2.24, 2.45) is 11.8 Å². The van der Waals surface area contributed by atoms with Crippen molar-refractivity contribution in [1.29, 1.82) is 0 Å². The van der Waals surface area contributed by atoms with Crippen LogP contribution >= 0.6 is 0 Å². The Bertz CT molecular complexity index is 582. The van der Waals surface area contributed by atoms with Crippen LogP contribution in [0, 0.1) is 11.8 Å². The van der Waals surface area contributed by atoms with E-state index >= 15 is 0 Å². The number of rotatable bonds is 0. The van der Waals surface area contributed by atoms with Crippen molar-refractivity contribution in [1.82, 2.24) is 0 Å². The highest BCUT2D eigenvalue weighted by Crippen LogP contribution is 2.66. The van der Waals surface area contributed by atoms with Gasteiger partial charge in [-0.1, -0.05) is 48.5 Å². The lowest BCUT2D eigenvalue weighted by molar-refractivity contribution is 0.123. The Morgan fingerprint density at radius 2 is 1.06 bits per heavy atom. The van der Waals surface area contributed by atoms with Crippen molar-refractivity contribution in [3.8, 4) is 0 Å². The molecule has 0 saturated heterocycles. The summed E-state index contributed by atoms with van der Waals surface area (Å²) in [5, 5.41) is 0. The third-order valence-electron chi connectivity index (χ3n) is 5.60. The Balaban J connectivity index is 1.66. The van der Waals surface area contributed by atoms with Gasteiger partial charge in [-0.25, -0.2) is 0 Å². The highest BCUT2D eigenvalue weighted by Gasteiger charge is 2.57. The van der Waals surface area contributed by atoms with E-state index in [1.807, 2.05) is 0 Å². The summed E-state index contributed by atoms with van der Waals surface area (Å²) >= 11 is 0. The van der Waals surface area contributed by atoms with Gasteiger partial charge in [-0.3, -0.25) is 0 Å². The lowest BCUT2D eigenvalue weighted by Crippen LogP contribution is -2.38. The van der Waals surface area contributed by atoms with Crippen LogP contribution < -0.4 is 0 Å². The number of fused-ring (bicyclic) bond motifs is 8. The zero-order chi connectivity index (χ0) is 11.7. The summed E-state index contributed by atoms with van der Waals surface area (Å²) in [5.41, 5.74) is 6.56. The molecule has 0 N–H and O–H groups in total. The van der Waals surface area contributed by atoms with Crippen molar-refractivity contribution < 1.29 is 0 Å². The van der Waals surface area contributed by atoms with E-state index < -0.39 is 0 Å². The topological polar surface area (TPSA) is 0 Å². The van der Waals surface area contributed by atoms with Crippen LogP contribution in [0.1, 0.15) is 34.1 Å². The highest BCUT2D eigenvalue weighted by atomic mass is 14.6. The maximum absolute atomic E-state index is 2.37. The van der Waals surface area contributed by atoms with Gasteiger partial charge in [-0.2, -0.15) is 0 Å².